The van der Waals surface area contributed by atoms with Gasteiger partial charge in [-0.2, -0.15) is 0 Å². The van der Waals surface area contributed by atoms with Crippen molar-refractivity contribution in [1.29, 1.82) is 0 Å². The zero-order chi connectivity index (χ0) is 14.8. The van der Waals surface area contributed by atoms with Crippen molar-refractivity contribution < 1.29 is 4.74 Å². The van der Waals surface area contributed by atoms with Crippen LogP contribution in [0, 0.1) is 0 Å². The van der Waals surface area contributed by atoms with E-state index < -0.39 is 0 Å². The Balaban J connectivity index is 2.12. The average molecular weight is 282 g/mol. The first-order valence-corrected chi connectivity index (χ1v) is 8.60. The maximum Gasteiger partial charge on any atom is 0.0641 e. The van der Waals surface area contributed by atoms with Crippen LogP contribution in [0.25, 0.3) is 0 Å². The van der Waals surface area contributed by atoms with Crippen LogP contribution in [0.1, 0.15) is 66.7 Å². The van der Waals surface area contributed by atoms with Gasteiger partial charge in [-0.3, -0.25) is 4.90 Å². The Morgan fingerprint density at radius 3 is 2.45 bits per heavy atom. The Labute approximate surface area is 125 Å². The van der Waals surface area contributed by atoms with Crippen LogP contribution in [-0.4, -0.2) is 47.8 Å². The van der Waals surface area contributed by atoms with E-state index in [2.05, 4.69) is 44.8 Å². The number of rotatable bonds is 4. The van der Waals surface area contributed by atoms with Gasteiger partial charge in [0.25, 0.3) is 0 Å². The third-order valence-corrected chi connectivity index (χ3v) is 5.63. The maximum absolute atomic E-state index is 5.92. The Morgan fingerprint density at radius 1 is 1.20 bits per heavy atom. The fourth-order valence-corrected chi connectivity index (χ4v) is 4.00. The zero-order valence-electron chi connectivity index (χ0n) is 14.2. The second-order valence-corrected chi connectivity index (χ2v) is 7.36. The Morgan fingerprint density at radius 2 is 1.90 bits per heavy atom. The molecule has 2 aliphatic heterocycles. The van der Waals surface area contributed by atoms with E-state index in [-0.39, 0.29) is 5.60 Å². The highest BCUT2D eigenvalue weighted by Gasteiger charge is 2.41. The van der Waals surface area contributed by atoms with Crippen LogP contribution in [0.5, 0.6) is 0 Å². The van der Waals surface area contributed by atoms with Crippen molar-refractivity contribution in [2.24, 2.45) is 0 Å². The van der Waals surface area contributed by atoms with E-state index in [9.17, 15) is 0 Å². The lowest BCUT2D eigenvalue weighted by atomic mass is 9.84. The topological polar surface area (TPSA) is 24.5 Å². The first kappa shape index (κ1) is 16.3. The van der Waals surface area contributed by atoms with Gasteiger partial charge in [0.1, 0.15) is 0 Å². The van der Waals surface area contributed by atoms with Crippen molar-refractivity contribution in [1.82, 2.24) is 10.2 Å². The molecule has 0 saturated carbocycles. The van der Waals surface area contributed by atoms with Gasteiger partial charge in [-0.25, -0.2) is 0 Å². The summed E-state index contributed by atoms with van der Waals surface area (Å²) in [6.07, 6.45) is 6.07. The van der Waals surface area contributed by atoms with Gasteiger partial charge in [-0.05, 0) is 46.0 Å². The van der Waals surface area contributed by atoms with E-state index in [0.29, 0.717) is 17.6 Å². The molecular weight excluding hydrogens is 248 g/mol. The lowest BCUT2D eigenvalue weighted by molar-refractivity contribution is -0.0993. The van der Waals surface area contributed by atoms with Crippen molar-refractivity contribution in [2.75, 3.05) is 19.7 Å². The van der Waals surface area contributed by atoms with Crippen LogP contribution in [0.15, 0.2) is 0 Å². The molecule has 0 bridgehead atoms. The Kier molecular flexibility index (Phi) is 5.14. The molecule has 0 amide bonds. The molecule has 118 valence electrons. The van der Waals surface area contributed by atoms with E-state index in [1.807, 2.05) is 0 Å². The quantitative estimate of drug-likeness (QED) is 0.857. The largest absolute Gasteiger partial charge is 0.375 e. The van der Waals surface area contributed by atoms with Crippen molar-refractivity contribution in [2.45, 2.75) is 89.9 Å². The number of hydrogen-bond donors (Lipinski definition) is 1. The molecule has 1 N–H and O–H groups in total. The Hall–Kier alpha value is -0.120. The number of hydrogen-bond acceptors (Lipinski definition) is 3. The van der Waals surface area contributed by atoms with Crippen LogP contribution in [0.4, 0.5) is 0 Å². The average Bonchev–Trinajstić information content (AvgIpc) is 2.45. The molecule has 0 aromatic carbocycles. The molecule has 0 aromatic heterocycles. The maximum atomic E-state index is 5.92. The SMILES string of the molecule is CCC1CNC(CC)(CC)CN1C1CCOC(C)(C)C1. The van der Waals surface area contributed by atoms with E-state index in [1.54, 1.807) is 0 Å². The number of nitrogens with one attached hydrogen (secondary N) is 1. The molecule has 3 nitrogen and oxygen atoms in total. The summed E-state index contributed by atoms with van der Waals surface area (Å²) in [5.74, 6) is 0. The third-order valence-electron chi connectivity index (χ3n) is 5.63. The second-order valence-electron chi connectivity index (χ2n) is 7.36. The summed E-state index contributed by atoms with van der Waals surface area (Å²) in [5.41, 5.74) is 0.376. The number of nitrogens with zero attached hydrogens (tertiary/aromatic N) is 1. The van der Waals surface area contributed by atoms with Crippen LogP contribution < -0.4 is 5.32 Å². The third kappa shape index (κ3) is 3.37. The van der Waals surface area contributed by atoms with Gasteiger partial charge in [0.05, 0.1) is 5.60 Å². The zero-order valence-corrected chi connectivity index (χ0v) is 14.2. The molecule has 2 atom stereocenters. The van der Waals surface area contributed by atoms with E-state index in [0.717, 1.165) is 13.2 Å². The van der Waals surface area contributed by atoms with Gasteiger partial charge in [-0.15, -0.1) is 0 Å². The summed E-state index contributed by atoms with van der Waals surface area (Å²) >= 11 is 0. The Bertz CT molecular complexity index is 312. The van der Waals surface area contributed by atoms with Gasteiger partial charge in [0, 0.05) is 37.3 Å². The fourth-order valence-electron chi connectivity index (χ4n) is 4.00. The molecule has 20 heavy (non-hydrogen) atoms. The molecule has 0 spiro atoms. The highest BCUT2D eigenvalue weighted by Crippen LogP contribution is 2.33. The highest BCUT2D eigenvalue weighted by molar-refractivity contribution is 5.00. The van der Waals surface area contributed by atoms with Crippen molar-refractivity contribution in [3.63, 3.8) is 0 Å². The van der Waals surface area contributed by atoms with Gasteiger partial charge >= 0.3 is 0 Å². The summed E-state index contributed by atoms with van der Waals surface area (Å²) < 4.78 is 5.92. The molecule has 0 aromatic rings. The van der Waals surface area contributed by atoms with E-state index in [4.69, 9.17) is 4.74 Å². The van der Waals surface area contributed by atoms with Crippen molar-refractivity contribution >= 4 is 0 Å². The molecule has 0 aliphatic carbocycles. The minimum atomic E-state index is 0.0488. The summed E-state index contributed by atoms with van der Waals surface area (Å²) in [7, 11) is 0. The van der Waals surface area contributed by atoms with Crippen LogP contribution in [0.3, 0.4) is 0 Å². The van der Waals surface area contributed by atoms with Crippen molar-refractivity contribution in [3.8, 4) is 0 Å². The number of piperazine rings is 1. The summed E-state index contributed by atoms with van der Waals surface area (Å²) in [6.45, 7) is 14.8. The molecular formula is C17H34N2O. The minimum Gasteiger partial charge on any atom is -0.375 e. The van der Waals surface area contributed by atoms with Crippen LogP contribution in [0.2, 0.25) is 0 Å². The lowest BCUT2D eigenvalue weighted by Crippen LogP contribution is -2.66. The second kappa shape index (κ2) is 6.33. The van der Waals surface area contributed by atoms with E-state index in [1.165, 1.54) is 38.6 Å². The van der Waals surface area contributed by atoms with Crippen LogP contribution >= 0.6 is 0 Å². The fraction of sp³-hybridized carbons (Fsp3) is 1.00. The summed E-state index contributed by atoms with van der Waals surface area (Å²) in [4.78, 5) is 2.81. The van der Waals surface area contributed by atoms with Gasteiger partial charge in [0.2, 0.25) is 0 Å². The van der Waals surface area contributed by atoms with Crippen molar-refractivity contribution in [3.05, 3.63) is 0 Å². The van der Waals surface area contributed by atoms with Gasteiger partial charge in [0.15, 0.2) is 0 Å². The highest BCUT2D eigenvalue weighted by atomic mass is 16.5. The predicted molar refractivity (Wildman–Crippen MR) is 85.2 cm³/mol. The monoisotopic (exact) mass is 282 g/mol. The first-order chi connectivity index (χ1) is 9.45. The summed E-state index contributed by atoms with van der Waals surface area (Å²) in [5, 5.41) is 3.85. The molecule has 2 aliphatic rings. The molecule has 0 radical (unpaired) electrons. The normalized spacial score (nSPS) is 34.0. The van der Waals surface area contributed by atoms with Crippen LogP contribution in [-0.2, 0) is 4.74 Å². The predicted octanol–water partition coefficient (Wildman–Crippen LogP) is 3.19. The summed E-state index contributed by atoms with van der Waals surface area (Å²) in [6, 6.07) is 1.39. The lowest BCUT2D eigenvalue weighted by Gasteiger charge is -2.52. The molecule has 2 heterocycles. The molecule has 2 unspecified atom stereocenters. The smallest absolute Gasteiger partial charge is 0.0641 e. The van der Waals surface area contributed by atoms with Gasteiger partial charge in [-0.1, -0.05) is 20.8 Å². The van der Waals surface area contributed by atoms with Gasteiger partial charge < -0.3 is 10.1 Å². The van der Waals surface area contributed by atoms with E-state index >= 15 is 0 Å². The first-order valence-electron chi connectivity index (χ1n) is 8.60. The molecule has 2 rings (SSSR count). The molecule has 2 saturated heterocycles. The standard InChI is InChI=1S/C17H34N2O/c1-6-14-12-18-17(7-2,8-3)13-19(14)15-9-10-20-16(4,5)11-15/h14-15,18H,6-13H2,1-5H3. The minimum absolute atomic E-state index is 0.0488. The molecule has 2 fully saturated rings. The molecule has 3 heteroatoms. The number of ether oxygens (including phenoxy) is 1.